The third-order valence-electron chi connectivity index (χ3n) is 1.67. The number of benzene rings is 1. The Hall–Kier alpha value is -1.10. The van der Waals surface area contributed by atoms with E-state index in [2.05, 4.69) is 15.9 Å². The zero-order valence-electron chi connectivity index (χ0n) is 7.38. The van der Waals surface area contributed by atoms with Crippen molar-refractivity contribution in [2.45, 2.75) is 6.18 Å². The number of aldehydes is 1. The lowest BCUT2D eigenvalue weighted by molar-refractivity contribution is -0.118. The SMILES string of the molecule is O=C/C(=C\c1ccccc1Br)C(F)(F)F. The van der Waals surface area contributed by atoms with Gasteiger partial charge in [0.25, 0.3) is 0 Å². The molecule has 0 N–H and O–H groups in total. The van der Waals surface area contributed by atoms with Crippen LogP contribution in [-0.4, -0.2) is 12.5 Å². The van der Waals surface area contributed by atoms with Gasteiger partial charge in [0.15, 0.2) is 6.29 Å². The number of halogens is 4. The van der Waals surface area contributed by atoms with Crippen molar-refractivity contribution in [3.8, 4) is 0 Å². The smallest absolute Gasteiger partial charge is 0.298 e. The molecule has 0 aliphatic rings. The van der Waals surface area contributed by atoms with Crippen molar-refractivity contribution in [3.63, 3.8) is 0 Å². The predicted molar refractivity (Wildman–Crippen MR) is 54.2 cm³/mol. The molecular formula is C10H6BrF3O. The van der Waals surface area contributed by atoms with Gasteiger partial charge in [-0.3, -0.25) is 4.79 Å². The van der Waals surface area contributed by atoms with Crippen molar-refractivity contribution < 1.29 is 18.0 Å². The summed E-state index contributed by atoms with van der Waals surface area (Å²) in [4.78, 5) is 10.3. The number of carbonyl (C=O) groups excluding carboxylic acids is 1. The Kier molecular flexibility index (Phi) is 3.68. The molecule has 1 aromatic rings. The van der Waals surface area contributed by atoms with Crippen molar-refractivity contribution in [1.82, 2.24) is 0 Å². The highest BCUT2D eigenvalue weighted by Gasteiger charge is 2.33. The fraction of sp³-hybridized carbons (Fsp3) is 0.100. The van der Waals surface area contributed by atoms with E-state index in [-0.39, 0.29) is 6.29 Å². The summed E-state index contributed by atoms with van der Waals surface area (Å²) < 4.78 is 37.2. The summed E-state index contributed by atoms with van der Waals surface area (Å²) in [5, 5.41) is 0. The maximum atomic E-state index is 12.2. The summed E-state index contributed by atoms with van der Waals surface area (Å²) in [6.45, 7) is 0. The molecule has 0 aromatic heterocycles. The molecule has 1 aromatic carbocycles. The van der Waals surface area contributed by atoms with Crippen molar-refractivity contribution in [2.75, 3.05) is 0 Å². The molecule has 1 rings (SSSR count). The van der Waals surface area contributed by atoms with E-state index in [0.29, 0.717) is 10.0 Å². The molecule has 80 valence electrons. The Labute approximate surface area is 92.7 Å². The Morgan fingerprint density at radius 2 is 1.87 bits per heavy atom. The van der Waals surface area contributed by atoms with E-state index in [4.69, 9.17) is 0 Å². The molecule has 0 radical (unpaired) electrons. The standard InChI is InChI=1S/C10H6BrF3O/c11-9-4-2-1-3-7(9)5-8(6-15)10(12,13)14/h1-6H/b8-5+. The average Bonchev–Trinajstić information content (AvgIpc) is 2.14. The van der Waals surface area contributed by atoms with E-state index in [1.165, 1.54) is 6.07 Å². The fourth-order valence-corrected chi connectivity index (χ4v) is 1.34. The van der Waals surface area contributed by atoms with Crippen LogP contribution in [0.15, 0.2) is 34.3 Å². The zero-order valence-corrected chi connectivity index (χ0v) is 8.97. The molecule has 0 aliphatic carbocycles. The van der Waals surface area contributed by atoms with Crippen LogP contribution in [0, 0.1) is 0 Å². The summed E-state index contributed by atoms with van der Waals surface area (Å²) in [5.74, 6) is 0. The normalized spacial score (nSPS) is 12.7. The zero-order chi connectivity index (χ0) is 11.5. The molecule has 0 spiro atoms. The molecule has 1 nitrogen and oxygen atoms in total. The van der Waals surface area contributed by atoms with Crippen LogP contribution in [0.5, 0.6) is 0 Å². The second-order valence-corrected chi connectivity index (χ2v) is 3.59. The first-order valence-corrected chi connectivity index (χ1v) is 4.73. The summed E-state index contributed by atoms with van der Waals surface area (Å²) >= 11 is 3.09. The average molecular weight is 279 g/mol. The van der Waals surface area contributed by atoms with Gasteiger partial charge in [-0.1, -0.05) is 34.1 Å². The Balaban J connectivity index is 3.15. The summed E-state index contributed by atoms with van der Waals surface area (Å²) in [6.07, 6.45) is -4.01. The highest BCUT2D eigenvalue weighted by Crippen LogP contribution is 2.27. The largest absolute Gasteiger partial charge is 0.419 e. The van der Waals surface area contributed by atoms with Crippen LogP contribution in [0.1, 0.15) is 5.56 Å². The van der Waals surface area contributed by atoms with Crippen LogP contribution in [0.4, 0.5) is 13.2 Å². The molecule has 0 fully saturated rings. The molecule has 0 unspecified atom stereocenters. The first-order chi connectivity index (χ1) is 6.95. The Morgan fingerprint density at radius 3 is 2.33 bits per heavy atom. The van der Waals surface area contributed by atoms with Gasteiger partial charge in [0.05, 0.1) is 5.57 Å². The molecule has 0 saturated carbocycles. The number of hydrogen-bond donors (Lipinski definition) is 0. The third-order valence-corrected chi connectivity index (χ3v) is 2.39. The molecule has 0 amide bonds. The number of alkyl halides is 3. The van der Waals surface area contributed by atoms with Gasteiger partial charge in [0.1, 0.15) is 0 Å². The minimum absolute atomic E-state index is 0.195. The van der Waals surface area contributed by atoms with Gasteiger partial charge in [0.2, 0.25) is 0 Å². The van der Waals surface area contributed by atoms with Crippen LogP contribution in [0.2, 0.25) is 0 Å². The molecule has 0 heterocycles. The van der Waals surface area contributed by atoms with Crippen molar-refractivity contribution >= 4 is 28.3 Å². The number of hydrogen-bond acceptors (Lipinski definition) is 1. The van der Waals surface area contributed by atoms with Gasteiger partial charge in [-0.05, 0) is 17.7 Å². The topological polar surface area (TPSA) is 17.1 Å². The molecule has 0 bridgehead atoms. The minimum atomic E-state index is -4.61. The van der Waals surface area contributed by atoms with Crippen LogP contribution in [0.25, 0.3) is 6.08 Å². The van der Waals surface area contributed by atoms with Gasteiger partial charge in [-0.15, -0.1) is 0 Å². The van der Waals surface area contributed by atoms with Gasteiger partial charge < -0.3 is 0 Å². The van der Waals surface area contributed by atoms with Gasteiger partial charge in [-0.2, -0.15) is 13.2 Å². The first-order valence-electron chi connectivity index (χ1n) is 3.94. The van der Waals surface area contributed by atoms with Gasteiger partial charge >= 0.3 is 6.18 Å². The molecule has 0 aliphatic heterocycles. The molecule has 0 atom stereocenters. The van der Waals surface area contributed by atoms with Gasteiger partial charge in [0, 0.05) is 4.47 Å². The Morgan fingerprint density at radius 1 is 1.27 bits per heavy atom. The van der Waals surface area contributed by atoms with E-state index in [0.717, 1.165) is 6.08 Å². The summed E-state index contributed by atoms with van der Waals surface area (Å²) in [6, 6.07) is 6.36. The third kappa shape index (κ3) is 3.20. The monoisotopic (exact) mass is 278 g/mol. The maximum absolute atomic E-state index is 12.2. The second kappa shape index (κ2) is 4.61. The fourth-order valence-electron chi connectivity index (χ4n) is 0.942. The van der Waals surface area contributed by atoms with E-state index in [9.17, 15) is 18.0 Å². The lowest BCUT2D eigenvalue weighted by Crippen LogP contribution is -2.12. The van der Waals surface area contributed by atoms with Crippen LogP contribution in [0.3, 0.4) is 0 Å². The summed E-state index contributed by atoms with van der Waals surface area (Å²) in [7, 11) is 0. The first kappa shape index (κ1) is 12.0. The van der Waals surface area contributed by atoms with Crippen molar-refractivity contribution in [2.24, 2.45) is 0 Å². The summed E-state index contributed by atoms with van der Waals surface area (Å²) in [5.41, 5.74) is -0.883. The van der Waals surface area contributed by atoms with E-state index < -0.39 is 11.7 Å². The maximum Gasteiger partial charge on any atom is 0.419 e. The highest BCUT2D eigenvalue weighted by atomic mass is 79.9. The van der Waals surface area contributed by atoms with Crippen LogP contribution in [-0.2, 0) is 4.79 Å². The number of carbonyl (C=O) groups is 1. The van der Waals surface area contributed by atoms with Crippen LogP contribution >= 0.6 is 15.9 Å². The van der Waals surface area contributed by atoms with Gasteiger partial charge in [-0.25, -0.2) is 0 Å². The second-order valence-electron chi connectivity index (χ2n) is 2.74. The highest BCUT2D eigenvalue weighted by molar-refractivity contribution is 9.10. The lowest BCUT2D eigenvalue weighted by Gasteiger charge is -2.05. The Bertz CT molecular complexity index is 396. The molecule has 0 saturated heterocycles. The van der Waals surface area contributed by atoms with E-state index in [1.54, 1.807) is 18.2 Å². The minimum Gasteiger partial charge on any atom is -0.298 e. The quantitative estimate of drug-likeness (QED) is 0.597. The predicted octanol–water partition coefficient (Wildman–Crippen LogP) is 3.59. The van der Waals surface area contributed by atoms with Crippen molar-refractivity contribution in [1.29, 1.82) is 0 Å². The molecule has 15 heavy (non-hydrogen) atoms. The molecule has 5 heteroatoms. The lowest BCUT2D eigenvalue weighted by atomic mass is 10.1. The number of allylic oxidation sites excluding steroid dienone is 1. The van der Waals surface area contributed by atoms with E-state index >= 15 is 0 Å². The number of rotatable bonds is 2. The van der Waals surface area contributed by atoms with Crippen molar-refractivity contribution in [3.05, 3.63) is 39.9 Å². The molecular weight excluding hydrogens is 273 g/mol. The van der Waals surface area contributed by atoms with E-state index in [1.807, 2.05) is 0 Å². The van der Waals surface area contributed by atoms with Crippen LogP contribution < -0.4 is 0 Å².